The van der Waals surface area contributed by atoms with Crippen LogP contribution in [0.4, 0.5) is 0 Å². The van der Waals surface area contributed by atoms with Crippen LogP contribution in [0.25, 0.3) is 0 Å². The van der Waals surface area contributed by atoms with E-state index in [0.29, 0.717) is 18.7 Å². The molecular formula is C16H17NO2. The Morgan fingerprint density at radius 2 is 1.74 bits per heavy atom. The molecule has 0 fully saturated rings. The number of benzene rings is 2. The van der Waals surface area contributed by atoms with Crippen molar-refractivity contribution in [2.45, 2.75) is 20.0 Å². The van der Waals surface area contributed by atoms with Crippen molar-refractivity contribution in [3.05, 3.63) is 65.7 Å². The molecule has 0 aliphatic rings. The van der Waals surface area contributed by atoms with Gasteiger partial charge in [-0.1, -0.05) is 42.4 Å². The average Bonchev–Trinajstić information content (AvgIpc) is 2.49. The van der Waals surface area contributed by atoms with Crippen molar-refractivity contribution in [1.29, 1.82) is 0 Å². The lowest BCUT2D eigenvalue weighted by Gasteiger charge is -2.07. The third-order valence-electron chi connectivity index (χ3n) is 2.89. The lowest BCUT2D eigenvalue weighted by molar-refractivity contribution is 0.306. The molecule has 1 N–H and O–H groups in total. The summed E-state index contributed by atoms with van der Waals surface area (Å²) in [6, 6.07) is 17.6. The zero-order valence-electron chi connectivity index (χ0n) is 10.9. The fourth-order valence-corrected chi connectivity index (χ4v) is 1.82. The highest BCUT2D eigenvalue weighted by molar-refractivity contribution is 6.00. The van der Waals surface area contributed by atoms with Crippen LogP contribution in [-0.2, 0) is 6.61 Å². The van der Waals surface area contributed by atoms with Crippen LogP contribution in [0.15, 0.2) is 59.8 Å². The molecule has 3 heteroatoms. The van der Waals surface area contributed by atoms with Gasteiger partial charge in [-0.05, 0) is 41.8 Å². The molecule has 2 rings (SSSR count). The van der Waals surface area contributed by atoms with Crippen LogP contribution in [0.3, 0.4) is 0 Å². The van der Waals surface area contributed by atoms with E-state index in [2.05, 4.69) is 5.16 Å². The summed E-state index contributed by atoms with van der Waals surface area (Å²) in [4.78, 5) is 0. The van der Waals surface area contributed by atoms with Gasteiger partial charge in [0, 0.05) is 0 Å². The van der Waals surface area contributed by atoms with Crippen LogP contribution < -0.4 is 4.74 Å². The van der Waals surface area contributed by atoms with Gasteiger partial charge in [0.1, 0.15) is 12.4 Å². The summed E-state index contributed by atoms with van der Waals surface area (Å²) in [5.41, 5.74) is 2.73. The molecule has 98 valence electrons. The van der Waals surface area contributed by atoms with Gasteiger partial charge in [0.05, 0.1) is 5.71 Å². The van der Waals surface area contributed by atoms with Gasteiger partial charge in [-0.25, -0.2) is 0 Å². The van der Waals surface area contributed by atoms with Gasteiger partial charge < -0.3 is 9.94 Å². The standard InChI is InChI=1S/C16H17NO2/c1-2-16(17-18)14-8-10-15(11-9-14)19-12-13-6-4-3-5-7-13/h3-11,18H,2,12H2,1H3/b17-16+. The zero-order chi connectivity index (χ0) is 13.5. The van der Waals surface area contributed by atoms with Crippen molar-refractivity contribution in [2.75, 3.05) is 0 Å². The molecule has 0 aromatic heterocycles. The minimum atomic E-state index is 0.551. The first-order valence-corrected chi connectivity index (χ1v) is 6.31. The third kappa shape index (κ3) is 3.58. The molecule has 0 spiro atoms. The van der Waals surface area contributed by atoms with Crippen LogP contribution in [0.1, 0.15) is 24.5 Å². The molecule has 0 bridgehead atoms. The van der Waals surface area contributed by atoms with Gasteiger partial charge in [0.15, 0.2) is 0 Å². The molecule has 0 unspecified atom stereocenters. The van der Waals surface area contributed by atoms with Crippen molar-refractivity contribution < 1.29 is 9.94 Å². The van der Waals surface area contributed by atoms with E-state index in [-0.39, 0.29) is 0 Å². The fourth-order valence-electron chi connectivity index (χ4n) is 1.82. The summed E-state index contributed by atoms with van der Waals surface area (Å²) >= 11 is 0. The number of ether oxygens (including phenoxy) is 1. The minimum absolute atomic E-state index is 0.551. The van der Waals surface area contributed by atoms with Crippen LogP contribution in [0.2, 0.25) is 0 Å². The highest BCUT2D eigenvalue weighted by Gasteiger charge is 2.02. The smallest absolute Gasteiger partial charge is 0.119 e. The minimum Gasteiger partial charge on any atom is -0.489 e. The van der Waals surface area contributed by atoms with Gasteiger partial charge in [0.2, 0.25) is 0 Å². The maximum Gasteiger partial charge on any atom is 0.119 e. The van der Waals surface area contributed by atoms with Crippen molar-refractivity contribution in [2.24, 2.45) is 5.16 Å². The Morgan fingerprint density at radius 3 is 2.32 bits per heavy atom. The van der Waals surface area contributed by atoms with Crippen LogP contribution >= 0.6 is 0 Å². The summed E-state index contributed by atoms with van der Waals surface area (Å²) in [6.07, 6.45) is 0.695. The van der Waals surface area contributed by atoms with Crippen molar-refractivity contribution in [3.63, 3.8) is 0 Å². The Hall–Kier alpha value is -2.29. The van der Waals surface area contributed by atoms with Crippen molar-refractivity contribution in [1.82, 2.24) is 0 Å². The number of oxime groups is 1. The average molecular weight is 255 g/mol. The maximum atomic E-state index is 8.86. The monoisotopic (exact) mass is 255 g/mol. The van der Waals surface area contributed by atoms with E-state index in [0.717, 1.165) is 16.9 Å². The maximum absolute atomic E-state index is 8.86. The van der Waals surface area contributed by atoms with Crippen LogP contribution in [0, 0.1) is 0 Å². The summed E-state index contributed by atoms with van der Waals surface area (Å²) in [7, 11) is 0. The molecule has 0 amide bonds. The predicted octanol–water partition coefficient (Wildman–Crippen LogP) is 3.85. The molecule has 0 saturated heterocycles. The van der Waals surface area contributed by atoms with E-state index in [1.54, 1.807) is 0 Å². The third-order valence-corrected chi connectivity index (χ3v) is 2.89. The Kier molecular flexibility index (Phi) is 4.56. The summed E-state index contributed by atoms with van der Waals surface area (Å²) < 4.78 is 5.69. The molecule has 0 heterocycles. The Labute approximate surface area is 113 Å². The van der Waals surface area contributed by atoms with Gasteiger partial charge in [0.25, 0.3) is 0 Å². The van der Waals surface area contributed by atoms with E-state index in [1.165, 1.54) is 0 Å². The highest BCUT2D eigenvalue weighted by Crippen LogP contribution is 2.15. The number of hydrogen-bond donors (Lipinski definition) is 1. The number of nitrogens with zero attached hydrogens (tertiary/aromatic N) is 1. The second-order valence-electron chi connectivity index (χ2n) is 4.20. The van der Waals surface area contributed by atoms with Crippen LogP contribution in [0.5, 0.6) is 5.75 Å². The van der Waals surface area contributed by atoms with E-state index in [9.17, 15) is 0 Å². The quantitative estimate of drug-likeness (QED) is 0.501. The molecule has 0 radical (unpaired) electrons. The van der Waals surface area contributed by atoms with Gasteiger partial charge in [-0.15, -0.1) is 0 Å². The van der Waals surface area contributed by atoms with E-state index in [1.807, 2.05) is 61.5 Å². The summed E-state index contributed by atoms with van der Waals surface area (Å²) in [5.74, 6) is 0.806. The first kappa shape index (κ1) is 13.1. The van der Waals surface area contributed by atoms with Gasteiger partial charge in [-0.3, -0.25) is 0 Å². The Bertz CT molecular complexity index is 532. The lowest BCUT2D eigenvalue weighted by atomic mass is 10.1. The Morgan fingerprint density at radius 1 is 1.05 bits per heavy atom. The second kappa shape index (κ2) is 6.59. The topological polar surface area (TPSA) is 41.8 Å². The molecule has 0 saturated carbocycles. The normalized spacial score (nSPS) is 11.3. The first-order chi connectivity index (χ1) is 9.33. The molecule has 0 aliphatic carbocycles. The predicted molar refractivity (Wildman–Crippen MR) is 75.8 cm³/mol. The molecule has 2 aromatic rings. The molecule has 2 aromatic carbocycles. The Balaban J connectivity index is 1.99. The largest absolute Gasteiger partial charge is 0.489 e. The van der Waals surface area contributed by atoms with Gasteiger partial charge >= 0.3 is 0 Å². The molecule has 3 nitrogen and oxygen atoms in total. The summed E-state index contributed by atoms with van der Waals surface area (Å²) in [6.45, 7) is 2.50. The molecule has 0 atom stereocenters. The van der Waals surface area contributed by atoms with Crippen molar-refractivity contribution >= 4 is 5.71 Å². The molecular weight excluding hydrogens is 238 g/mol. The first-order valence-electron chi connectivity index (χ1n) is 6.31. The molecule has 0 aliphatic heterocycles. The van der Waals surface area contributed by atoms with E-state index < -0.39 is 0 Å². The van der Waals surface area contributed by atoms with E-state index >= 15 is 0 Å². The van der Waals surface area contributed by atoms with Gasteiger partial charge in [-0.2, -0.15) is 0 Å². The zero-order valence-corrected chi connectivity index (χ0v) is 10.9. The molecule has 19 heavy (non-hydrogen) atoms. The second-order valence-corrected chi connectivity index (χ2v) is 4.20. The number of hydrogen-bond acceptors (Lipinski definition) is 3. The van der Waals surface area contributed by atoms with Crippen molar-refractivity contribution in [3.8, 4) is 5.75 Å². The number of rotatable bonds is 5. The van der Waals surface area contributed by atoms with Crippen LogP contribution in [-0.4, -0.2) is 10.9 Å². The highest BCUT2D eigenvalue weighted by atomic mass is 16.5. The SMILES string of the molecule is CC/C(=N\O)c1ccc(OCc2ccccc2)cc1. The summed E-state index contributed by atoms with van der Waals surface area (Å²) in [5, 5.41) is 12.1. The van der Waals surface area contributed by atoms with E-state index in [4.69, 9.17) is 9.94 Å². The lowest BCUT2D eigenvalue weighted by Crippen LogP contribution is -1.99. The fraction of sp³-hybridized carbons (Fsp3) is 0.188.